The summed E-state index contributed by atoms with van der Waals surface area (Å²) >= 11 is 0. The van der Waals surface area contributed by atoms with Crippen molar-refractivity contribution in [3.63, 3.8) is 0 Å². The van der Waals surface area contributed by atoms with Crippen molar-refractivity contribution in [2.75, 3.05) is 6.61 Å². The molecule has 1 heterocycles. The molecule has 1 aliphatic rings. The highest BCUT2D eigenvalue weighted by Crippen LogP contribution is 2.35. The lowest BCUT2D eigenvalue weighted by Gasteiger charge is -2.30. The van der Waals surface area contributed by atoms with Crippen LogP contribution in [0.4, 0.5) is 4.39 Å². The van der Waals surface area contributed by atoms with Crippen LogP contribution in [0.1, 0.15) is 37.6 Å². The Morgan fingerprint density at radius 2 is 2.12 bits per heavy atom. The molecule has 92 valence electrons. The van der Waals surface area contributed by atoms with Crippen molar-refractivity contribution in [1.82, 2.24) is 0 Å². The SMILES string of the molecule is CC1CC(C)(C)COc2c(F)cccc2C1=O. The topological polar surface area (TPSA) is 26.3 Å². The fourth-order valence-corrected chi connectivity index (χ4v) is 2.36. The highest BCUT2D eigenvalue weighted by molar-refractivity contribution is 6.00. The second kappa shape index (κ2) is 4.13. The molecule has 17 heavy (non-hydrogen) atoms. The lowest BCUT2D eigenvalue weighted by molar-refractivity contribution is 0.0802. The Morgan fingerprint density at radius 1 is 1.41 bits per heavy atom. The van der Waals surface area contributed by atoms with Crippen LogP contribution in [-0.4, -0.2) is 12.4 Å². The number of benzene rings is 1. The maximum atomic E-state index is 13.7. The van der Waals surface area contributed by atoms with E-state index in [0.29, 0.717) is 12.2 Å². The van der Waals surface area contributed by atoms with Gasteiger partial charge in [0.1, 0.15) is 0 Å². The molecular formula is C14H17FO2. The van der Waals surface area contributed by atoms with Crippen molar-refractivity contribution in [1.29, 1.82) is 0 Å². The Bertz CT molecular complexity index is 452. The van der Waals surface area contributed by atoms with Crippen molar-refractivity contribution in [3.05, 3.63) is 29.6 Å². The van der Waals surface area contributed by atoms with E-state index in [9.17, 15) is 9.18 Å². The molecule has 0 N–H and O–H groups in total. The van der Waals surface area contributed by atoms with Crippen molar-refractivity contribution >= 4 is 5.78 Å². The molecule has 0 spiro atoms. The second-order valence-electron chi connectivity index (χ2n) is 5.54. The first-order chi connectivity index (χ1) is 7.91. The monoisotopic (exact) mass is 236 g/mol. The average Bonchev–Trinajstić information content (AvgIpc) is 2.24. The summed E-state index contributed by atoms with van der Waals surface area (Å²) in [5, 5.41) is 0. The van der Waals surface area contributed by atoms with Gasteiger partial charge in [0.05, 0.1) is 12.2 Å². The maximum Gasteiger partial charge on any atom is 0.169 e. The van der Waals surface area contributed by atoms with Gasteiger partial charge >= 0.3 is 0 Å². The van der Waals surface area contributed by atoms with Crippen LogP contribution in [0.15, 0.2) is 18.2 Å². The van der Waals surface area contributed by atoms with Gasteiger partial charge in [-0.3, -0.25) is 4.79 Å². The summed E-state index contributed by atoms with van der Waals surface area (Å²) in [5.74, 6) is -0.486. The van der Waals surface area contributed by atoms with Gasteiger partial charge in [-0.05, 0) is 24.0 Å². The Morgan fingerprint density at radius 3 is 2.82 bits per heavy atom. The fraction of sp³-hybridized carbons (Fsp3) is 0.500. The van der Waals surface area contributed by atoms with E-state index >= 15 is 0 Å². The van der Waals surface area contributed by atoms with Crippen LogP contribution in [0.25, 0.3) is 0 Å². The van der Waals surface area contributed by atoms with Gasteiger partial charge in [-0.15, -0.1) is 0 Å². The smallest absolute Gasteiger partial charge is 0.169 e. The van der Waals surface area contributed by atoms with Crippen LogP contribution in [0.2, 0.25) is 0 Å². The van der Waals surface area contributed by atoms with E-state index in [-0.39, 0.29) is 22.9 Å². The second-order valence-corrected chi connectivity index (χ2v) is 5.54. The van der Waals surface area contributed by atoms with Crippen LogP contribution in [0.3, 0.4) is 0 Å². The molecule has 0 saturated heterocycles. The number of hydrogen-bond acceptors (Lipinski definition) is 2. The van der Waals surface area contributed by atoms with Crippen LogP contribution in [0.5, 0.6) is 5.75 Å². The Balaban J connectivity index is 2.49. The maximum absolute atomic E-state index is 13.7. The molecule has 1 aliphatic heterocycles. The van der Waals surface area contributed by atoms with E-state index in [1.807, 2.05) is 20.8 Å². The highest BCUT2D eigenvalue weighted by Gasteiger charge is 2.31. The number of para-hydroxylation sites is 1. The minimum atomic E-state index is -0.458. The van der Waals surface area contributed by atoms with Gasteiger partial charge in [0.15, 0.2) is 17.3 Å². The zero-order valence-corrected chi connectivity index (χ0v) is 10.4. The van der Waals surface area contributed by atoms with Gasteiger partial charge < -0.3 is 4.74 Å². The van der Waals surface area contributed by atoms with Crippen LogP contribution in [0, 0.1) is 17.2 Å². The predicted octanol–water partition coefficient (Wildman–Crippen LogP) is 3.45. The molecule has 3 heteroatoms. The van der Waals surface area contributed by atoms with E-state index in [0.717, 1.165) is 6.42 Å². The summed E-state index contributed by atoms with van der Waals surface area (Å²) in [6, 6.07) is 4.51. The van der Waals surface area contributed by atoms with Gasteiger partial charge in [0, 0.05) is 5.92 Å². The molecule has 0 saturated carbocycles. The molecule has 2 nitrogen and oxygen atoms in total. The number of ether oxygens (including phenoxy) is 1. The lowest BCUT2D eigenvalue weighted by Crippen LogP contribution is -2.30. The molecule has 0 amide bonds. The molecule has 2 rings (SSSR count). The van der Waals surface area contributed by atoms with Gasteiger partial charge in [-0.1, -0.05) is 26.8 Å². The van der Waals surface area contributed by atoms with E-state index in [4.69, 9.17) is 4.74 Å². The summed E-state index contributed by atoms with van der Waals surface area (Å²) in [4.78, 5) is 12.2. The van der Waals surface area contributed by atoms with Gasteiger partial charge in [-0.2, -0.15) is 0 Å². The van der Waals surface area contributed by atoms with Gasteiger partial charge in [0.25, 0.3) is 0 Å². The first kappa shape index (κ1) is 12.1. The van der Waals surface area contributed by atoms with E-state index in [1.54, 1.807) is 12.1 Å². The van der Waals surface area contributed by atoms with Gasteiger partial charge in [-0.25, -0.2) is 4.39 Å². The molecule has 0 radical (unpaired) electrons. The van der Waals surface area contributed by atoms with Crippen LogP contribution >= 0.6 is 0 Å². The Labute approximate surface area is 101 Å². The summed E-state index contributed by atoms with van der Waals surface area (Å²) in [5.41, 5.74) is 0.252. The minimum absolute atomic E-state index is 0.0349. The molecule has 0 aliphatic carbocycles. The molecule has 1 atom stereocenters. The summed E-state index contributed by atoms with van der Waals surface area (Å²) < 4.78 is 19.2. The van der Waals surface area contributed by atoms with Crippen molar-refractivity contribution in [2.45, 2.75) is 27.2 Å². The molecule has 1 aromatic carbocycles. The number of hydrogen-bond donors (Lipinski definition) is 0. The minimum Gasteiger partial charge on any atom is -0.489 e. The van der Waals surface area contributed by atoms with Crippen molar-refractivity contribution < 1.29 is 13.9 Å². The third-order valence-electron chi connectivity index (χ3n) is 3.15. The number of halogens is 1. The summed E-state index contributed by atoms with van der Waals surface area (Å²) in [6.45, 7) is 6.38. The summed E-state index contributed by atoms with van der Waals surface area (Å²) in [7, 11) is 0. The zero-order chi connectivity index (χ0) is 12.6. The molecular weight excluding hydrogens is 219 g/mol. The quantitative estimate of drug-likeness (QED) is 0.689. The standard InChI is InChI=1S/C14H17FO2/c1-9-7-14(2,3)8-17-13-10(12(9)16)5-4-6-11(13)15/h4-6,9H,7-8H2,1-3H3. The number of carbonyl (C=O) groups is 1. The number of rotatable bonds is 0. The third kappa shape index (κ3) is 2.33. The molecule has 1 aromatic rings. The number of ketones is 1. The fourth-order valence-electron chi connectivity index (χ4n) is 2.36. The normalized spacial score (nSPS) is 23.3. The molecule has 0 aromatic heterocycles. The third-order valence-corrected chi connectivity index (χ3v) is 3.15. The van der Waals surface area contributed by atoms with E-state index < -0.39 is 5.82 Å². The first-order valence-electron chi connectivity index (χ1n) is 5.86. The molecule has 0 bridgehead atoms. The number of Topliss-reactive ketones (excluding diaryl/α,β-unsaturated/α-hetero) is 1. The zero-order valence-electron chi connectivity index (χ0n) is 10.4. The molecule has 1 unspecified atom stereocenters. The predicted molar refractivity (Wildman–Crippen MR) is 63.8 cm³/mol. The van der Waals surface area contributed by atoms with E-state index in [2.05, 4.69) is 0 Å². The van der Waals surface area contributed by atoms with Crippen molar-refractivity contribution in [3.8, 4) is 5.75 Å². The van der Waals surface area contributed by atoms with E-state index in [1.165, 1.54) is 6.07 Å². The average molecular weight is 236 g/mol. The largest absolute Gasteiger partial charge is 0.489 e. The Kier molecular flexibility index (Phi) is 2.94. The van der Waals surface area contributed by atoms with Crippen molar-refractivity contribution in [2.24, 2.45) is 11.3 Å². The Hall–Kier alpha value is -1.38. The molecule has 0 fully saturated rings. The lowest BCUT2D eigenvalue weighted by atomic mass is 9.80. The number of carbonyl (C=O) groups excluding carboxylic acids is 1. The van der Waals surface area contributed by atoms with Gasteiger partial charge in [0.2, 0.25) is 0 Å². The highest BCUT2D eigenvalue weighted by atomic mass is 19.1. The van der Waals surface area contributed by atoms with Crippen LogP contribution < -0.4 is 4.74 Å². The first-order valence-corrected chi connectivity index (χ1v) is 5.86. The van der Waals surface area contributed by atoms with Crippen LogP contribution in [-0.2, 0) is 0 Å². The summed E-state index contributed by atoms with van der Waals surface area (Å²) in [6.07, 6.45) is 0.752. The number of fused-ring (bicyclic) bond motifs is 1.